The van der Waals surface area contributed by atoms with Gasteiger partial charge in [-0.2, -0.15) is 5.26 Å². The number of hydrogen-bond donors (Lipinski definition) is 1. The molecule has 2 rings (SSSR count). The summed E-state index contributed by atoms with van der Waals surface area (Å²) in [5.74, 6) is -1.04. The fourth-order valence-corrected chi connectivity index (χ4v) is 3.58. The van der Waals surface area contributed by atoms with Gasteiger partial charge in [0.05, 0.1) is 6.07 Å². The zero-order chi connectivity index (χ0) is 19.2. The Kier molecular flexibility index (Phi) is 6.98. The normalized spacial score (nSPS) is 17.3. The lowest BCUT2D eigenvalue weighted by Gasteiger charge is -2.32. The summed E-state index contributed by atoms with van der Waals surface area (Å²) < 4.78 is 6.04. The lowest BCUT2D eigenvalue weighted by molar-refractivity contribution is -0.150. The quantitative estimate of drug-likeness (QED) is 0.577. The van der Waals surface area contributed by atoms with Crippen molar-refractivity contribution >= 4 is 33.9 Å². The summed E-state index contributed by atoms with van der Waals surface area (Å²) in [5.41, 5.74) is 1.12. The fraction of sp³-hybridized carbons (Fsp3) is 0.450. The minimum absolute atomic E-state index is 0.438. The van der Waals surface area contributed by atoms with E-state index in [4.69, 9.17) is 4.74 Å². The monoisotopic (exact) mass is 418 g/mol. The third-order valence-corrected chi connectivity index (χ3v) is 5.19. The van der Waals surface area contributed by atoms with Crippen LogP contribution in [0.5, 0.6) is 0 Å². The zero-order valence-corrected chi connectivity index (χ0v) is 16.6. The van der Waals surface area contributed by atoms with E-state index in [-0.39, 0.29) is 0 Å². The van der Waals surface area contributed by atoms with Crippen molar-refractivity contribution in [2.75, 3.05) is 0 Å². The van der Waals surface area contributed by atoms with E-state index in [0.29, 0.717) is 12.8 Å². The highest BCUT2D eigenvalue weighted by molar-refractivity contribution is 9.10. The van der Waals surface area contributed by atoms with E-state index in [1.54, 1.807) is 6.08 Å². The van der Waals surface area contributed by atoms with Crippen LogP contribution in [0.25, 0.3) is 6.08 Å². The van der Waals surface area contributed by atoms with E-state index in [1.165, 1.54) is 13.0 Å². The first kappa shape index (κ1) is 20.2. The van der Waals surface area contributed by atoms with Gasteiger partial charge in [-0.25, -0.2) is 4.79 Å². The summed E-state index contributed by atoms with van der Waals surface area (Å²) in [4.78, 5) is 24.3. The van der Waals surface area contributed by atoms with Gasteiger partial charge < -0.3 is 10.1 Å². The Balaban J connectivity index is 1.92. The van der Waals surface area contributed by atoms with Crippen LogP contribution in [0.4, 0.5) is 0 Å². The van der Waals surface area contributed by atoms with E-state index < -0.39 is 23.5 Å². The number of esters is 1. The van der Waals surface area contributed by atoms with Crippen LogP contribution in [-0.2, 0) is 14.3 Å². The van der Waals surface area contributed by atoms with Crippen LogP contribution in [0.3, 0.4) is 0 Å². The van der Waals surface area contributed by atoms with Gasteiger partial charge >= 0.3 is 5.97 Å². The third kappa shape index (κ3) is 5.43. The summed E-state index contributed by atoms with van der Waals surface area (Å²) >= 11 is 3.44. The Hall–Kier alpha value is -2.13. The first-order valence-electron chi connectivity index (χ1n) is 8.73. The summed E-state index contributed by atoms with van der Waals surface area (Å²) in [6.07, 6.45) is 6.14. The molecule has 0 unspecified atom stereocenters. The number of carbonyl (C=O) groups excluding carboxylic acids is 2. The second-order valence-electron chi connectivity index (χ2n) is 6.68. The number of hydrogen-bond acceptors (Lipinski definition) is 4. The highest BCUT2D eigenvalue weighted by atomic mass is 79.9. The molecule has 5 nitrogen and oxygen atoms in total. The van der Waals surface area contributed by atoms with Crippen LogP contribution in [0, 0.1) is 18.3 Å². The molecule has 1 saturated carbocycles. The Bertz CT molecular complexity index is 746. The average molecular weight is 419 g/mol. The Morgan fingerprint density at radius 1 is 1.35 bits per heavy atom. The number of amides is 1. The maximum absolute atomic E-state index is 12.3. The Morgan fingerprint density at radius 3 is 2.65 bits per heavy atom. The fourth-order valence-electron chi connectivity index (χ4n) is 2.95. The van der Waals surface area contributed by atoms with E-state index in [1.807, 2.05) is 25.1 Å². The van der Waals surface area contributed by atoms with Crippen molar-refractivity contribution < 1.29 is 14.3 Å². The van der Waals surface area contributed by atoms with Crippen LogP contribution in [-0.4, -0.2) is 23.5 Å². The molecule has 1 aromatic carbocycles. The van der Waals surface area contributed by atoms with Crippen molar-refractivity contribution in [3.8, 4) is 6.07 Å². The second-order valence-corrected chi connectivity index (χ2v) is 7.54. The van der Waals surface area contributed by atoms with Gasteiger partial charge in [0.1, 0.15) is 5.54 Å². The van der Waals surface area contributed by atoms with Gasteiger partial charge in [0, 0.05) is 10.5 Å². The van der Waals surface area contributed by atoms with Crippen molar-refractivity contribution in [2.45, 2.75) is 57.6 Å². The average Bonchev–Trinajstić information content (AvgIpc) is 2.61. The van der Waals surface area contributed by atoms with Crippen LogP contribution < -0.4 is 5.32 Å². The molecule has 1 aliphatic rings. The number of nitrogens with one attached hydrogen (secondary N) is 1. The predicted octanol–water partition coefficient (Wildman–Crippen LogP) is 4.05. The molecule has 1 amide bonds. The molecule has 0 bridgehead atoms. The highest BCUT2D eigenvalue weighted by Gasteiger charge is 2.35. The van der Waals surface area contributed by atoms with Crippen molar-refractivity contribution in [3.05, 3.63) is 39.9 Å². The standard InChI is InChI=1S/C20H23BrN2O3/c1-14-6-7-16(17(21)12-14)8-9-18(24)26-15(2)19(25)23-20(13-22)10-4-3-5-11-20/h6-9,12,15H,3-5,10-11H2,1-2H3,(H,23,25)/b9-8+/t15-/m1/s1. The van der Waals surface area contributed by atoms with Crippen molar-refractivity contribution in [1.29, 1.82) is 5.26 Å². The first-order valence-corrected chi connectivity index (χ1v) is 9.53. The zero-order valence-electron chi connectivity index (χ0n) is 15.0. The van der Waals surface area contributed by atoms with Gasteiger partial charge in [0.25, 0.3) is 5.91 Å². The molecule has 1 atom stereocenters. The van der Waals surface area contributed by atoms with E-state index in [9.17, 15) is 14.9 Å². The number of aryl methyl sites for hydroxylation is 1. The van der Waals surface area contributed by atoms with Gasteiger partial charge in [0.15, 0.2) is 6.10 Å². The number of carbonyl (C=O) groups is 2. The number of ether oxygens (including phenoxy) is 1. The third-order valence-electron chi connectivity index (χ3n) is 4.50. The van der Waals surface area contributed by atoms with Gasteiger partial charge in [-0.3, -0.25) is 4.79 Å². The lowest BCUT2D eigenvalue weighted by Crippen LogP contribution is -2.52. The molecule has 26 heavy (non-hydrogen) atoms. The number of benzene rings is 1. The Labute approximate surface area is 162 Å². The van der Waals surface area contributed by atoms with Crippen LogP contribution in [0.1, 0.15) is 50.2 Å². The largest absolute Gasteiger partial charge is 0.449 e. The predicted molar refractivity (Wildman–Crippen MR) is 103 cm³/mol. The molecule has 0 heterocycles. The minimum Gasteiger partial charge on any atom is -0.449 e. The molecule has 0 aromatic heterocycles. The van der Waals surface area contributed by atoms with Crippen LogP contribution in [0.15, 0.2) is 28.7 Å². The minimum atomic E-state index is -0.958. The van der Waals surface area contributed by atoms with Gasteiger partial charge in [-0.15, -0.1) is 0 Å². The Morgan fingerprint density at radius 2 is 2.04 bits per heavy atom. The van der Waals surface area contributed by atoms with Gasteiger partial charge in [-0.05, 0) is 50.0 Å². The van der Waals surface area contributed by atoms with E-state index in [0.717, 1.165) is 34.9 Å². The lowest BCUT2D eigenvalue weighted by atomic mass is 9.83. The molecule has 0 radical (unpaired) electrons. The molecular weight excluding hydrogens is 396 g/mol. The topological polar surface area (TPSA) is 79.2 Å². The summed E-state index contributed by atoms with van der Waals surface area (Å²) in [6, 6.07) is 8.00. The molecule has 138 valence electrons. The summed E-state index contributed by atoms with van der Waals surface area (Å²) in [5, 5.41) is 12.2. The molecule has 0 aliphatic heterocycles. The van der Waals surface area contributed by atoms with E-state index >= 15 is 0 Å². The second kappa shape index (κ2) is 9.00. The number of halogens is 1. The van der Waals surface area contributed by atoms with Crippen molar-refractivity contribution in [1.82, 2.24) is 5.32 Å². The van der Waals surface area contributed by atoms with Crippen molar-refractivity contribution in [2.24, 2.45) is 0 Å². The van der Waals surface area contributed by atoms with Crippen LogP contribution >= 0.6 is 15.9 Å². The maximum Gasteiger partial charge on any atom is 0.331 e. The maximum atomic E-state index is 12.3. The van der Waals surface area contributed by atoms with Gasteiger partial charge in [0.2, 0.25) is 0 Å². The number of rotatable bonds is 5. The molecule has 1 fully saturated rings. The molecule has 1 aliphatic carbocycles. The first-order chi connectivity index (χ1) is 12.3. The highest BCUT2D eigenvalue weighted by Crippen LogP contribution is 2.27. The molecule has 1 N–H and O–H groups in total. The molecule has 0 saturated heterocycles. The molecule has 6 heteroatoms. The summed E-state index contributed by atoms with van der Waals surface area (Å²) in [6.45, 7) is 3.49. The van der Waals surface area contributed by atoms with Crippen LogP contribution in [0.2, 0.25) is 0 Å². The molecule has 0 spiro atoms. The van der Waals surface area contributed by atoms with Crippen molar-refractivity contribution in [3.63, 3.8) is 0 Å². The smallest absolute Gasteiger partial charge is 0.331 e. The summed E-state index contributed by atoms with van der Waals surface area (Å²) in [7, 11) is 0. The molecule has 1 aromatic rings. The SMILES string of the molecule is Cc1ccc(/C=C/C(=O)O[C@H](C)C(=O)NC2(C#N)CCCCC2)c(Br)c1. The van der Waals surface area contributed by atoms with E-state index in [2.05, 4.69) is 27.3 Å². The van der Waals surface area contributed by atoms with Gasteiger partial charge in [-0.1, -0.05) is 47.3 Å². The molecular formula is C20H23BrN2O3. The number of nitriles is 1. The number of nitrogens with zero attached hydrogens (tertiary/aromatic N) is 1.